The summed E-state index contributed by atoms with van der Waals surface area (Å²) >= 11 is 0. The van der Waals surface area contributed by atoms with Gasteiger partial charge in [-0.1, -0.05) is 0 Å². The molecule has 0 amide bonds. The van der Waals surface area contributed by atoms with Crippen LogP contribution in [0.5, 0.6) is 28.7 Å². The molecule has 0 heterocycles. The first kappa shape index (κ1) is 21.0. The molecule has 0 spiro atoms. The van der Waals surface area contributed by atoms with Gasteiger partial charge in [0.15, 0.2) is 11.5 Å². The van der Waals surface area contributed by atoms with Crippen LogP contribution in [0.1, 0.15) is 10.4 Å². The van der Waals surface area contributed by atoms with Crippen LogP contribution in [0.2, 0.25) is 0 Å². The molecule has 2 rings (SSSR count). The second-order valence-electron chi connectivity index (χ2n) is 4.92. The zero-order valence-corrected chi connectivity index (χ0v) is 13.7. The molecule has 0 aliphatic heterocycles. The Morgan fingerprint density at radius 2 is 1.68 bits per heavy atom. The number of aromatic carboxylic acids is 1. The van der Waals surface area contributed by atoms with Crippen LogP contribution in [0.3, 0.4) is 0 Å². The summed E-state index contributed by atoms with van der Waals surface area (Å²) in [4.78, 5) is 11.2. The van der Waals surface area contributed by atoms with Crippen LogP contribution in [0.15, 0.2) is 30.3 Å². The van der Waals surface area contributed by atoms with Crippen molar-refractivity contribution in [2.75, 3.05) is 7.11 Å². The van der Waals surface area contributed by atoms with E-state index in [1.165, 1.54) is 0 Å². The van der Waals surface area contributed by atoms with Crippen LogP contribution in [-0.4, -0.2) is 31.2 Å². The second kappa shape index (κ2) is 8.15. The zero-order chi connectivity index (χ0) is 21.1. The maximum absolute atomic E-state index is 14.0. The molecule has 0 aliphatic carbocycles. The van der Waals surface area contributed by atoms with Gasteiger partial charge in [-0.2, -0.15) is 8.78 Å². The largest absolute Gasteiger partial charge is 0.573 e. The predicted octanol–water partition coefficient (Wildman–Crippen LogP) is 4.82. The van der Waals surface area contributed by atoms with E-state index >= 15 is 0 Å². The lowest BCUT2D eigenvalue weighted by molar-refractivity contribution is -0.274. The monoisotopic (exact) mass is 412 g/mol. The van der Waals surface area contributed by atoms with Crippen LogP contribution in [0.4, 0.5) is 26.3 Å². The first-order valence-corrected chi connectivity index (χ1v) is 7.13. The number of alkyl halides is 5. The van der Waals surface area contributed by atoms with E-state index < -0.39 is 47.6 Å². The Labute approximate surface area is 152 Å². The number of hydrogen-bond donors (Lipinski definition) is 1. The standard InChI is InChI=1S/C16H10F6O6/c1-25-11-5-7(28-16(20,21)22)2-3-10(11)27-12-6-8(26-15(18)19)4-9(17)13(12)14(23)24/h2-6,15H,1H3,(H,23,24). The molecule has 0 bridgehead atoms. The summed E-state index contributed by atoms with van der Waals surface area (Å²) in [7, 11) is 1.06. The molecule has 0 aromatic heterocycles. The number of methoxy groups -OCH3 is 1. The van der Waals surface area contributed by atoms with Crippen molar-refractivity contribution in [3.63, 3.8) is 0 Å². The highest BCUT2D eigenvalue weighted by molar-refractivity contribution is 5.91. The van der Waals surface area contributed by atoms with Crippen LogP contribution in [0, 0.1) is 5.82 Å². The van der Waals surface area contributed by atoms with E-state index in [1.54, 1.807) is 0 Å². The smallest absolute Gasteiger partial charge is 0.493 e. The third kappa shape index (κ3) is 5.34. The highest BCUT2D eigenvalue weighted by atomic mass is 19.4. The minimum atomic E-state index is -4.98. The van der Waals surface area contributed by atoms with Crippen molar-refractivity contribution >= 4 is 5.97 Å². The van der Waals surface area contributed by atoms with Gasteiger partial charge in [0.25, 0.3) is 0 Å². The number of carbonyl (C=O) groups is 1. The van der Waals surface area contributed by atoms with Crippen LogP contribution < -0.4 is 18.9 Å². The van der Waals surface area contributed by atoms with E-state index in [0.29, 0.717) is 12.1 Å². The third-order valence-electron chi connectivity index (χ3n) is 3.06. The molecule has 12 heteroatoms. The molecule has 0 saturated heterocycles. The number of benzene rings is 2. The Morgan fingerprint density at radius 3 is 2.21 bits per heavy atom. The summed E-state index contributed by atoms with van der Waals surface area (Å²) in [5.74, 6) is -6.04. The summed E-state index contributed by atoms with van der Waals surface area (Å²) in [6.45, 7) is -3.32. The molecule has 0 aliphatic rings. The normalized spacial score (nSPS) is 11.3. The van der Waals surface area contributed by atoms with Gasteiger partial charge in [0.05, 0.1) is 7.11 Å². The maximum atomic E-state index is 14.0. The molecule has 6 nitrogen and oxygen atoms in total. The van der Waals surface area contributed by atoms with Crippen molar-refractivity contribution in [2.45, 2.75) is 13.0 Å². The van der Waals surface area contributed by atoms with Crippen molar-refractivity contribution in [3.8, 4) is 28.7 Å². The molecule has 0 radical (unpaired) electrons. The molecule has 0 unspecified atom stereocenters. The van der Waals surface area contributed by atoms with Crippen molar-refractivity contribution in [2.24, 2.45) is 0 Å². The van der Waals surface area contributed by atoms with Gasteiger partial charge in [0, 0.05) is 18.2 Å². The maximum Gasteiger partial charge on any atom is 0.573 e. The van der Waals surface area contributed by atoms with Gasteiger partial charge >= 0.3 is 18.9 Å². The number of rotatable bonds is 7. The second-order valence-corrected chi connectivity index (χ2v) is 4.92. The summed E-state index contributed by atoms with van der Waals surface area (Å²) in [5, 5.41) is 9.11. The molecule has 152 valence electrons. The van der Waals surface area contributed by atoms with Crippen molar-refractivity contribution in [1.29, 1.82) is 0 Å². The predicted molar refractivity (Wildman–Crippen MR) is 79.7 cm³/mol. The van der Waals surface area contributed by atoms with Gasteiger partial charge < -0.3 is 24.1 Å². The van der Waals surface area contributed by atoms with Crippen LogP contribution in [-0.2, 0) is 0 Å². The topological polar surface area (TPSA) is 74.2 Å². The highest BCUT2D eigenvalue weighted by Gasteiger charge is 2.31. The molecule has 28 heavy (non-hydrogen) atoms. The van der Waals surface area contributed by atoms with Crippen LogP contribution in [0.25, 0.3) is 0 Å². The Kier molecular flexibility index (Phi) is 6.11. The van der Waals surface area contributed by atoms with Gasteiger partial charge in [-0.05, 0) is 12.1 Å². The summed E-state index contributed by atoms with van der Waals surface area (Å²) in [6.07, 6.45) is -4.98. The number of ether oxygens (including phenoxy) is 4. The van der Waals surface area contributed by atoms with Gasteiger partial charge in [0.2, 0.25) is 0 Å². The molecule has 0 atom stereocenters. The minimum Gasteiger partial charge on any atom is -0.493 e. The Morgan fingerprint density at radius 1 is 1.04 bits per heavy atom. The number of halogens is 6. The SMILES string of the molecule is COc1cc(OC(F)(F)F)ccc1Oc1cc(OC(F)F)cc(F)c1C(=O)O. The Balaban J connectivity index is 2.45. The fourth-order valence-corrected chi connectivity index (χ4v) is 2.06. The lowest BCUT2D eigenvalue weighted by Gasteiger charge is -2.15. The molecule has 2 aromatic rings. The molecular formula is C16H10F6O6. The quantitative estimate of drug-likeness (QED) is 0.657. The third-order valence-corrected chi connectivity index (χ3v) is 3.06. The minimum absolute atomic E-state index is 0.335. The summed E-state index contributed by atoms with van der Waals surface area (Å²) in [5.41, 5.74) is -1.01. The van der Waals surface area contributed by atoms with E-state index in [2.05, 4.69) is 9.47 Å². The number of carboxylic acids is 1. The van der Waals surface area contributed by atoms with Gasteiger partial charge in [-0.15, -0.1) is 13.2 Å². The molecule has 0 saturated carbocycles. The molecule has 0 fully saturated rings. The molecule has 2 aromatic carbocycles. The summed E-state index contributed by atoms with van der Waals surface area (Å²) < 4.78 is 93.2. The number of hydrogen-bond acceptors (Lipinski definition) is 5. The van der Waals surface area contributed by atoms with Gasteiger partial charge in [0.1, 0.15) is 28.6 Å². The molecular weight excluding hydrogens is 402 g/mol. The Hall–Kier alpha value is -3.31. The first-order chi connectivity index (χ1) is 13.0. The van der Waals surface area contributed by atoms with E-state index in [1.807, 2.05) is 0 Å². The van der Waals surface area contributed by atoms with Crippen molar-refractivity contribution in [1.82, 2.24) is 0 Å². The van der Waals surface area contributed by atoms with Crippen LogP contribution >= 0.6 is 0 Å². The van der Waals surface area contributed by atoms with E-state index in [-0.39, 0.29) is 11.5 Å². The van der Waals surface area contributed by atoms with Gasteiger partial charge in [-0.3, -0.25) is 0 Å². The highest BCUT2D eigenvalue weighted by Crippen LogP contribution is 2.39. The fourth-order valence-electron chi connectivity index (χ4n) is 2.06. The Bertz CT molecular complexity index is 867. The average molecular weight is 412 g/mol. The van der Waals surface area contributed by atoms with Crippen molar-refractivity contribution < 1.29 is 55.2 Å². The van der Waals surface area contributed by atoms with Crippen molar-refractivity contribution in [3.05, 3.63) is 41.7 Å². The molecule has 1 N–H and O–H groups in total. The van der Waals surface area contributed by atoms with E-state index in [0.717, 1.165) is 25.3 Å². The first-order valence-electron chi connectivity index (χ1n) is 7.13. The van der Waals surface area contributed by atoms with E-state index in [9.17, 15) is 31.1 Å². The number of carboxylic acid groups (broad SMARTS) is 1. The average Bonchev–Trinajstić information content (AvgIpc) is 2.53. The lowest BCUT2D eigenvalue weighted by atomic mass is 10.1. The van der Waals surface area contributed by atoms with E-state index in [4.69, 9.17) is 14.6 Å². The summed E-state index contributed by atoms with van der Waals surface area (Å²) in [6, 6.07) is 3.61. The lowest BCUT2D eigenvalue weighted by Crippen LogP contribution is -2.17. The fraction of sp³-hybridized carbons (Fsp3) is 0.188. The zero-order valence-electron chi connectivity index (χ0n) is 13.7. The van der Waals surface area contributed by atoms with Gasteiger partial charge in [-0.25, -0.2) is 9.18 Å².